The van der Waals surface area contributed by atoms with Crippen LogP contribution in [0.5, 0.6) is 5.75 Å². The first-order valence-electron chi connectivity index (χ1n) is 12.1. The van der Waals surface area contributed by atoms with Gasteiger partial charge in [0.2, 0.25) is 0 Å². The van der Waals surface area contributed by atoms with Gasteiger partial charge in [0.25, 0.3) is 0 Å². The number of nitrogens with one attached hydrogen (secondary N) is 1. The van der Waals surface area contributed by atoms with Gasteiger partial charge in [-0.25, -0.2) is 9.37 Å². The quantitative estimate of drug-likeness (QED) is 0.308. The summed E-state index contributed by atoms with van der Waals surface area (Å²) in [4.78, 5) is 19.2. The number of fused-ring (bicyclic) bond motifs is 1. The van der Waals surface area contributed by atoms with Crippen molar-refractivity contribution in [1.82, 2.24) is 19.7 Å². The number of ether oxygens (including phenoxy) is 1. The molecule has 1 aromatic carbocycles. The van der Waals surface area contributed by atoms with Crippen LogP contribution in [0.2, 0.25) is 5.02 Å². The number of carbonyl (C=O) groups is 1. The average molecular weight is 511 g/mol. The summed E-state index contributed by atoms with van der Waals surface area (Å²) in [7, 11) is 1.54. The van der Waals surface area contributed by atoms with Gasteiger partial charge in [0, 0.05) is 46.1 Å². The standard InChI is InChI=1S/C27H28ClFN4O3/c1-14(24-23(36-3)9-8-22(29)25(24)28)20-12-31-26-19(20)10-17(11-30-26)21-13-32-33(15(21)2)18-6-4-16(5-7-18)27(34)35/h8-14,16,18H,4-7H2,1-3H3,(H,30,31)(H,34,35)/t14-,16?,18?/m0/s1. The van der Waals surface area contributed by atoms with Crippen LogP contribution >= 0.6 is 11.6 Å². The maximum Gasteiger partial charge on any atom is 0.306 e. The van der Waals surface area contributed by atoms with E-state index in [-0.39, 0.29) is 22.9 Å². The molecular formula is C27H28ClFN4O3. The molecule has 5 rings (SSSR count). The number of carboxylic acids is 1. The van der Waals surface area contributed by atoms with Crippen LogP contribution in [0.15, 0.2) is 36.8 Å². The van der Waals surface area contributed by atoms with Crippen LogP contribution in [0.3, 0.4) is 0 Å². The first kappa shape index (κ1) is 24.3. The minimum absolute atomic E-state index is 0.0510. The van der Waals surface area contributed by atoms with Crippen LogP contribution in [0, 0.1) is 18.7 Å². The van der Waals surface area contributed by atoms with Gasteiger partial charge in [-0.1, -0.05) is 18.5 Å². The maximum absolute atomic E-state index is 14.3. The number of nitrogens with zero attached hydrogens (tertiary/aromatic N) is 3. The first-order chi connectivity index (χ1) is 17.3. The molecule has 1 saturated carbocycles. The SMILES string of the molecule is COc1ccc(F)c(Cl)c1[C@@H](C)c1c[nH]c2ncc(-c3cnn(C4CCC(C(=O)O)CC4)c3C)cc12. The molecule has 36 heavy (non-hydrogen) atoms. The fraction of sp³-hybridized carbons (Fsp3) is 0.370. The topological polar surface area (TPSA) is 93.0 Å². The summed E-state index contributed by atoms with van der Waals surface area (Å²) in [6.45, 7) is 4.00. The molecule has 1 aliphatic carbocycles. The van der Waals surface area contributed by atoms with Crippen LogP contribution in [0.4, 0.5) is 4.39 Å². The number of hydrogen-bond acceptors (Lipinski definition) is 4. The Morgan fingerprint density at radius 2 is 2.03 bits per heavy atom. The number of aromatic nitrogens is 4. The molecule has 0 radical (unpaired) electrons. The molecule has 0 saturated heterocycles. The van der Waals surface area contributed by atoms with E-state index in [0.717, 1.165) is 46.3 Å². The Labute approximate surface area is 213 Å². The molecule has 1 aliphatic rings. The highest BCUT2D eigenvalue weighted by Gasteiger charge is 2.28. The van der Waals surface area contributed by atoms with Crippen molar-refractivity contribution in [2.45, 2.75) is 51.5 Å². The van der Waals surface area contributed by atoms with Crippen LogP contribution in [0.1, 0.15) is 61.4 Å². The zero-order valence-electron chi connectivity index (χ0n) is 20.4. The lowest BCUT2D eigenvalue weighted by molar-refractivity contribution is -0.143. The Kier molecular flexibility index (Phi) is 6.47. The van der Waals surface area contributed by atoms with Gasteiger partial charge in [-0.15, -0.1) is 0 Å². The number of methoxy groups -OCH3 is 1. The van der Waals surface area contributed by atoms with E-state index in [9.17, 15) is 14.3 Å². The fourth-order valence-corrected chi connectivity index (χ4v) is 5.78. The van der Waals surface area contributed by atoms with E-state index in [2.05, 4.69) is 21.1 Å². The van der Waals surface area contributed by atoms with Crippen molar-refractivity contribution in [2.75, 3.05) is 7.11 Å². The highest BCUT2D eigenvalue weighted by Crippen LogP contribution is 2.41. The molecular weight excluding hydrogens is 483 g/mol. The third-order valence-electron chi connectivity index (χ3n) is 7.52. The zero-order valence-corrected chi connectivity index (χ0v) is 21.1. The molecule has 0 unspecified atom stereocenters. The predicted octanol–water partition coefficient (Wildman–Crippen LogP) is 6.50. The summed E-state index contributed by atoms with van der Waals surface area (Å²) in [5.74, 6) is -1.18. The van der Waals surface area contributed by atoms with Crippen molar-refractivity contribution in [1.29, 1.82) is 0 Å². The molecule has 188 valence electrons. The van der Waals surface area contributed by atoms with E-state index in [1.807, 2.05) is 37.1 Å². The summed E-state index contributed by atoms with van der Waals surface area (Å²) < 4.78 is 21.8. The number of rotatable bonds is 6. The summed E-state index contributed by atoms with van der Waals surface area (Å²) in [5, 5.41) is 14.9. The second-order valence-corrected chi connectivity index (χ2v) is 9.87. The monoisotopic (exact) mass is 510 g/mol. The number of hydrogen-bond donors (Lipinski definition) is 2. The van der Waals surface area contributed by atoms with Crippen molar-refractivity contribution < 1.29 is 19.0 Å². The number of benzene rings is 1. The molecule has 3 heterocycles. The highest BCUT2D eigenvalue weighted by atomic mass is 35.5. The summed E-state index contributed by atoms with van der Waals surface area (Å²) in [5.41, 5.74) is 5.18. The van der Waals surface area contributed by atoms with E-state index >= 15 is 0 Å². The molecule has 0 bridgehead atoms. The summed E-state index contributed by atoms with van der Waals surface area (Å²) in [6, 6.07) is 5.16. The lowest BCUT2D eigenvalue weighted by atomic mass is 9.86. The minimum Gasteiger partial charge on any atom is -0.496 e. The van der Waals surface area contributed by atoms with E-state index in [4.69, 9.17) is 16.3 Å². The van der Waals surface area contributed by atoms with Gasteiger partial charge in [-0.2, -0.15) is 5.10 Å². The number of carboxylic acid groups (broad SMARTS) is 1. The number of halogens is 2. The largest absolute Gasteiger partial charge is 0.496 e. The smallest absolute Gasteiger partial charge is 0.306 e. The number of H-pyrrole nitrogens is 1. The van der Waals surface area contributed by atoms with Crippen molar-refractivity contribution in [3.63, 3.8) is 0 Å². The van der Waals surface area contributed by atoms with E-state index < -0.39 is 11.8 Å². The molecule has 7 nitrogen and oxygen atoms in total. The number of aliphatic carboxylic acids is 1. The van der Waals surface area contributed by atoms with Crippen molar-refractivity contribution in [2.24, 2.45) is 5.92 Å². The van der Waals surface area contributed by atoms with Gasteiger partial charge in [-0.05, 0) is 56.4 Å². The Bertz CT molecular complexity index is 1440. The van der Waals surface area contributed by atoms with Gasteiger partial charge < -0.3 is 14.8 Å². The van der Waals surface area contributed by atoms with Crippen LogP contribution in [-0.4, -0.2) is 37.9 Å². The number of pyridine rings is 1. The lowest BCUT2D eigenvalue weighted by Gasteiger charge is -2.27. The molecule has 0 aliphatic heterocycles. The molecule has 2 N–H and O–H groups in total. The normalized spacial score (nSPS) is 18.9. The van der Waals surface area contributed by atoms with Crippen LogP contribution in [-0.2, 0) is 4.79 Å². The summed E-state index contributed by atoms with van der Waals surface area (Å²) >= 11 is 6.37. The molecule has 3 aromatic heterocycles. The Morgan fingerprint density at radius 3 is 2.72 bits per heavy atom. The second-order valence-electron chi connectivity index (χ2n) is 9.50. The zero-order chi connectivity index (χ0) is 25.6. The van der Waals surface area contributed by atoms with Crippen molar-refractivity contribution >= 4 is 28.6 Å². The van der Waals surface area contributed by atoms with Gasteiger partial charge >= 0.3 is 5.97 Å². The third kappa shape index (κ3) is 4.13. The molecule has 1 atom stereocenters. The molecule has 0 amide bonds. The van der Waals surface area contributed by atoms with Gasteiger partial charge in [0.05, 0.1) is 30.3 Å². The maximum atomic E-state index is 14.3. The van der Waals surface area contributed by atoms with Gasteiger partial charge in [0.1, 0.15) is 17.2 Å². The van der Waals surface area contributed by atoms with Gasteiger partial charge in [-0.3, -0.25) is 9.48 Å². The Morgan fingerprint density at radius 1 is 1.28 bits per heavy atom. The predicted molar refractivity (Wildman–Crippen MR) is 136 cm³/mol. The van der Waals surface area contributed by atoms with E-state index in [0.29, 0.717) is 24.2 Å². The molecule has 9 heteroatoms. The summed E-state index contributed by atoms with van der Waals surface area (Å²) in [6.07, 6.45) is 8.47. The Balaban J connectivity index is 1.49. The van der Waals surface area contributed by atoms with E-state index in [1.165, 1.54) is 6.07 Å². The highest BCUT2D eigenvalue weighted by molar-refractivity contribution is 6.31. The van der Waals surface area contributed by atoms with E-state index in [1.54, 1.807) is 13.2 Å². The number of aromatic amines is 1. The lowest BCUT2D eigenvalue weighted by Crippen LogP contribution is -2.24. The van der Waals surface area contributed by atoms with Crippen molar-refractivity contribution in [3.8, 4) is 16.9 Å². The van der Waals surface area contributed by atoms with Crippen LogP contribution in [0.25, 0.3) is 22.2 Å². The van der Waals surface area contributed by atoms with Crippen LogP contribution < -0.4 is 4.74 Å². The molecule has 1 fully saturated rings. The first-order valence-corrected chi connectivity index (χ1v) is 12.4. The molecule has 4 aromatic rings. The van der Waals surface area contributed by atoms with Gasteiger partial charge in [0.15, 0.2) is 0 Å². The Hall–Kier alpha value is -3.39. The average Bonchev–Trinajstić information content (AvgIpc) is 3.48. The molecule has 0 spiro atoms. The minimum atomic E-state index is -0.709. The van der Waals surface area contributed by atoms with Crippen molar-refractivity contribution in [3.05, 3.63) is 64.5 Å². The third-order valence-corrected chi connectivity index (χ3v) is 7.91. The fourth-order valence-electron chi connectivity index (χ4n) is 5.46. The second kappa shape index (κ2) is 9.58.